The molecule has 4 aromatic carbocycles. The first kappa shape index (κ1) is 53.2. The van der Waals surface area contributed by atoms with Crippen LogP contribution >= 0.6 is 0 Å². The van der Waals surface area contributed by atoms with Crippen molar-refractivity contribution >= 4 is 34.7 Å². The molecule has 6 aliphatic rings. The van der Waals surface area contributed by atoms with Gasteiger partial charge in [0.05, 0.1) is 77.1 Å². The molecule has 10 rings (SSSR count). The van der Waals surface area contributed by atoms with Gasteiger partial charge in [-0.3, -0.25) is 28.8 Å². The minimum Gasteiger partial charge on any atom is -0.507 e. The third kappa shape index (κ3) is 8.56. The summed E-state index contributed by atoms with van der Waals surface area (Å²) in [5.41, 5.74) is -6.38. The van der Waals surface area contributed by atoms with Gasteiger partial charge in [0.25, 0.3) is 0 Å². The van der Waals surface area contributed by atoms with Gasteiger partial charge in [0.2, 0.25) is 11.6 Å². The van der Waals surface area contributed by atoms with Gasteiger partial charge in [-0.2, -0.15) is 0 Å². The molecule has 0 amide bonds. The molecule has 0 aromatic heterocycles. The third-order valence-corrected chi connectivity index (χ3v) is 15.9. The van der Waals surface area contributed by atoms with Crippen LogP contribution in [-0.2, 0) is 41.4 Å². The minimum absolute atomic E-state index is 0.000854. The number of aliphatic hydroxyl groups is 4. The Morgan fingerprint density at radius 1 is 0.560 bits per heavy atom. The number of aliphatic hydroxyl groups excluding tert-OH is 2. The Balaban J connectivity index is 0.000000184. The molecule has 2 saturated heterocycles. The lowest BCUT2D eigenvalue weighted by Crippen LogP contribution is -2.47. The van der Waals surface area contributed by atoms with Gasteiger partial charge in [-0.05, 0) is 51.7 Å². The van der Waals surface area contributed by atoms with Crippen molar-refractivity contribution in [3.05, 3.63) is 103 Å². The van der Waals surface area contributed by atoms with E-state index in [9.17, 15) is 74.7 Å². The van der Waals surface area contributed by atoms with Gasteiger partial charge in [0.1, 0.15) is 45.7 Å². The zero-order chi connectivity index (χ0) is 54.7. The molecule has 2 fully saturated rings. The number of rotatable bonds is 7. The van der Waals surface area contributed by atoms with Crippen LogP contribution in [0.3, 0.4) is 0 Å². The monoisotopic (exact) mass is 1040 g/mol. The first-order valence-electron chi connectivity index (χ1n) is 24.6. The predicted octanol–water partition coefficient (Wildman–Crippen LogP) is 4.37. The van der Waals surface area contributed by atoms with Gasteiger partial charge < -0.3 is 69.6 Å². The van der Waals surface area contributed by atoms with Gasteiger partial charge >= 0.3 is 0 Å². The molecule has 2 aliphatic heterocycles. The van der Waals surface area contributed by atoms with Crippen LogP contribution < -0.4 is 4.74 Å². The minimum atomic E-state index is -1.99. The molecule has 4 aromatic rings. The van der Waals surface area contributed by atoms with E-state index in [1.165, 1.54) is 57.4 Å². The molecule has 12 atom stereocenters. The van der Waals surface area contributed by atoms with Gasteiger partial charge in [-0.25, -0.2) is 0 Å². The zero-order valence-electron chi connectivity index (χ0n) is 42.0. The standard InChI is InChI=1S/C28H30O10.C27H28O10/c1-11-8-18(37-12(2)23(11)30)38-17-10-28(35,13(3)29)9-15-20(17)27(34)22-21(25(15)32)24(31)14-6-5-7-16(36-4)19(14)26(22)33;1-10-7-17(36-11(2)22(10)30)37-16-9-27(35,12(3)28)8-14-19(16)26(34)21-20(24(14)32)23(31)13-5-4-6-15(29)18(13)25(21)33/h5-7,11-12,17-18,23,30,32,34-35H,8-10H2,1-4H3;4-6,10-11,16-17,22,29-30,32,34-35H,7-9H2,1-3H3/t11?,12?,17-,18?,23?,28-;10?,11?,16-,17?,22?,27-/m00/s1. The summed E-state index contributed by atoms with van der Waals surface area (Å²) >= 11 is 0. The maximum absolute atomic E-state index is 13.6. The molecule has 398 valence electrons. The summed E-state index contributed by atoms with van der Waals surface area (Å²) in [7, 11) is 1.35. The summed E-state index contributed by atoms with van der Waals surface area (Å²) < 4.78 is 29.1. The van der Waals surface area contributed by atoms with Crippen LogP contribution in [0.2, 0.25) is 0 Å². The third-order valence-electron chi connectivity index (χ3n) is 15.9. The number of carbonyl (C=O) groups is 6. The van der Waals surface area contributed by atoms with E-state index in [1.807, 2.05) is 13.8 Å². The largest absolute Gasteiger partial charge is 0.507 e. The number of ether oxygens (including phenoxy) is 5. The SMILES string of the molecule is CC(=O)[C@]1(O)Cc2c(O)c3c(c(O)c2[C@@H](OC2CC(C)C(O)C(C)O2)C1)C(=O)c1c(O)cccc1C3=O.COc1cccc2c1C(=O)c1c(O)c3c(c(O)c1C2=O)C[C@@](O)(C(C)=O)C[C@@H]3OC1CC(C)C(O)C(C)O1. The van der Waals surface area contributed by atoms with Crippen molar-refractivity contribution in [1.29, 1.82) is 0 Å². The van der Waals surface area contributed by atoms with Crippen molar-refractivity contribution in [2.45, 2.75) is 140 Å². The molecule has 20 heteroatoms. The number of hydrogen-bond acceptors (Lipinski definition) is 20. The van der Waals surface area contributed by atoms with E-state index >= 15 is 0 Å². The van der Waals surface area contributed by atoms with E-state index in [0.717, 1.165) is 0 Å². The highest BCUT2D eigenvalue weighted by Crippen LogP contribution is 2.55. The lowest BCUT2D eigenvalue weighted by atomic mass is 9.72. The van der Waals surface area contributed by atoms with Crippen molar-refractivity contribution < 1.29 is 98.4 Å². The second-order valence-corrected chi connectivity index (χ2v) is 20.7. The van der Waals surface area contributed by atoms with E-state index in [1.54, 1.807) is 13.8 Å². The summed E-state index contributed by atoms with van der Waals surface area (Å²) in [5.74, 6) is -7.43. The van der Waals surface area contributed by atoms with Crippen LogP contribution in [0, 0.1) is 11.8 Å². The topological polar surface area (TPSA) is 331 Å². The first-order valence-corrected chi connectivity index (χ1v) is 24.6. The number of phenols is 5. The second-order valence-electron chi connectivity index (χ2n) is 20.7. The fourth-order valence-electron chi connectivity index (χ4n) is 11.6. The zero-order valence-corrected chi connectivity index (χ0v) is 42.0. The smallest absolute Gasteiger partial charge is 0.202 e. The van der Waals surface area contributed by atoms with Crippen LogP contribution in [0.15, 0.2) is 36.4 Å². The summed E-state index contributed by atoms with van der Waals surface area (Å²) in [4.78, 5) is 78.8. The highest BCUT2D eigenvalue weighted by molar-refractivity contribution is 6.32. The molecule has 20 nitrogen and oxygen atoms in total. The number of fused-ring (bicyclic) bond motifs is 6. The second kappa shape index (κ2) is 19.2. The number of ketones is 6. The molecular formula is C55H58O20. The van der Waals surface area contributed by atoms with Crippen molar-refractivity contribution in [2.75, 3.05) is 7.11 Å². The Bertz CT molecular complexity index is 3100. The van der Waals surface area contributed by atoms with Gasteiger partial charge in [0, 0.05) is 71.9 Å². The predicted molar refractivity (Wildman–Crippen MR) is 258 cm³/mol. The fourth-order valence-corrected chi connectivity index (χ4v) is 11.6. The summed E-state index contributed by atoms with van der Waals surface area (Å²) in [6, 6.07) is 8.40. The molecule has 8 unspecified atom stereocenters. The number of benzene rings is 4. The normalized spacial score (nSPS) is 30.6. The number of methoxy groups -OCH3 is 1. The van der Waals surface area contributed by atoms with E-state index in [4.69, 9.17) is 23.7 Å². The Morgan fingerprint density at radius 2 is 0.947 bits per heavy atom. The van der Waals surface area contributed by atoms with Gasteiger partial charge in [-0.15, -0.1) is 0 Å². The van der Waals surface area contributed by atoms with E-state index < -0.39 is 159 Å². The van der Waals surface area contributed by atoms with Crippen molar-refractivity contribution in [3.63, 3.8) is 0 Å². The van der Waals surface area contributed by atoms with Crippen LogP contribution in [0.4, 0.5) is 0 Å². The maximum Gasteiger partial charge on any atom is 0.202 e. The lowest BCUT2D eigenvalue weighted by molar-refractivity contribution is -0.255. The van der Waals surface area contributed by atoms with Gasteiger partial charge in [0.15, 0.2) is 35.7 Å². The Hall–Kier alpha value is -6.62. The molecule has 4 aliphatic carbocycles. The van der Waals surface area contributed by atoms with Gasteiger partial charge in [-0.1, -0.05) is 38.1 Å². The van der Waals surface area contributed by atoms with Crippen molar-refractivity contribution in [3.8, 4) is 34.5 Å². The molecule has 2 heterocycles. The first-order chi connectivity index (χ1) is 35.2. The average molecular weight is 1040 g/mol. The van der Waals surface area contributed by atoms with Crippen LogP contribution in [-0.4, -0.2) is 136 Å². The highest BCUT2D eigenvalue weighted by atomic mass is 16.7. The Morgan fingerprint density at radius 3 is 1.35 bits per heavy atom. The Kier molecular flexibility index (Phi) is 13.6. The van der Waals surface area contributed by atoms with Crippen LogP contribution in [0.5, 0.6) is 34.5 Å². The van der Waals surface area contributed by atoms with Crippen molar-refractivity contribution in [2.24, 2.45) is 11.8 Å². The molecule has 0 saturated carbocycles. The fraction of sp³-hybridized carbons (Fsp3) is 0.455. The van der Waals surface area contributed by atoms with E-state index in [2.05, 4.69) is 0 Å². The molecule has 0 bridgehead atoms. The van der Waals surface area contributed by atoms with Crippen molar-refractivity contribution in [1.82, 2.24) is 0 Å². The number of aromatic hydroxyl groups is 5. The lowest BCUT2D eigenvalue weighted by Gasteiger charge is -2.42. The summed E-state index contributed by atoms with van der Waals surface area (Å²) in [6.07, 6.45) is -7.58. The number of Topliss-reactive ketones (excluding diaryl/α,β-unsaturated/α-hetero) is 2. The summed E-state index contributed by atoms with van der Waals surface area (Å²) in [5, 5.41) is 98.6. The van der Waals surface area contributed by atoms with E-state index in [-0.39, 0.29) is 87.8 Å². The summed E-state index contributed by atoms with van der Waals surface area (Å²) in [6.45, 7) is 9.39. The van der Waals surface area contributed by atoms with Crippen LogP contribution in [0.1, 0.15) is 165 Å². The molecule has 9 N–H and O–H groups in total. The highest BCUT2D eigenvalue weighted by Gasteiger charge is 2.52. The number of carbonyl (C=O) groups excluding carboxylic acids is 6. The number of phenolic OH excluding ortho intramolecular Hbond substituents is 5. The molecular weight excluding hydrogens is 981 g/mol. The number of hydrogen-bond donors (Lipinski definition) is 9. The van der Waals surface area contributed by atoms with Crippen LogP contribution in [0.25, 0.3) is 0 Å². The molecule has 75 heavy (non-hydrogen) atoms. The Labute approximate surface area is 429 Å². The van der Waals surface area contributed by atoms with E-state index in [0.29, 0.717) is 0 Å². The molecule has 0 spiro atoms. The average Bonchev–Trinajstić information content (AvgIpc) is 3.35. The quantitative estimate of drug-likeness (QED) is 0.100. The molecule has 0 radical (unpaired) electrons. The maximum atomic E-state index is 13.6.